The van der Waals surface area contributed by atoms with E-state index in [0.717, 1.165) is 13.0 Å². The Morgan fingerprint density at radius 3 is 2.53 bits per heavy atom. The molecule has 0 saturated heterocycles. The average molecular weight is 250 g/mol. The van der Waals surface area contributed by atoms with Crippen LogP contribution in [0.4, 0.5) is 5.69 Å². The third kappa shape index (κ3) is 4.73. The third-order valence-corrected chi connectivity index (χ3v) is 3.13. The lowest BCUT2D eigenvalue weighted by atomic mass is 10.1. The summed E-state index contributed by atoms with van der Waals surface area (Å²) in [5.41, 5.74) is 6.85. The van der Waals surface area contributed by atoms with Crippen molar-refractivity contribution < 1.29 is 0 Å². The quantitative estimate of drug-likeness (QED) is 0.752. The van der Waals surface area contributed by atoms with Crippen molar-refractivity contribution in [1.82, 2.24) is 0 Å². The van der Waals surface area contributed by atoms with Gasteiger partial charge in [-0.05, 0) is 25.5 Å². The van der Waals surface area contributed by atoms with Crippen molar-refractivity contribution in [2.24, 2.45) is 5.73 Å². The molecule has 3 heteroatoms. The van der Waals surface area contributed by atoms with Crippen LogP contribution < -0.4 is 10.6 Å². The second kappa shape index (κ2) is 7.28. The van der Waals surface area contributed by atoms with Gasteiger partial charge < -0.3 is 10.6 Å². The molecule has 2 N–H and O–H groups in total. The molecule has 0 radical (unpaired) electrons. The molecule has 1 atom stereocenters. The lowest BCUT2D eigenvalue weighted by molar-refractivity contribution is 0.585. The van der Waals surface area contributed by atoms with Crippen LogP contribution in [-0.4, -0.2) is 17.6 Å². The first kappa shape index (κ1) is 14.0. The summed E-state index contributed by atoms with van der Waals surface area (Å²) in [5.74, 6) is 0. The highest BCUT2D eigenvalue weighted by atomic mass is 32.1. The lowest BCUT2D eigenvalue weighted by Gasteiger charge is -2.31. The third-order valence-electron chi connectivity index (χ3n) is 2.93. The van der Waals surface area contributed by atoms with Gasteiger partial charge in [0.05, 0.1) is 4.99 Å². The number of anilines is 1. The van der Waals surface area contributed by atoms with E-state index in [2.05, 4.69) is 43.0 Å². The van der Waals surface area contributed by atoms with E-state index in [0.29, 0.717) is 11.0 Å². The van der Waals surface area contributed by atoms with Gasteiger partial charge in [0.25, 0.3) is 0 Å². The molecule has 0 aliphatic carbocycles. The highest BCUT2D eigenvalue weighted by Crippen LogP contribution is 2.19. The zero-order valence-corrected chi connectivity index (χ0v) is 11.5. The van der Waals surface area contributed by atoms with Gasteiger partial charge in [0, 0.05) is 24.7 Å². The topological polar surface area (TPSA) is 29.3 Å². The second-order valence-corrected chi connectivity index (χ2v) is 4.91. The molecule has 17 heavy (non-hydrogen) atoms. The molecule has 0 fully saturated rings. The minimum Gasteiger partial charge on any atom is -0.393 e. The van der Waals surface area contributed by atoms with Crippen LogP contribution in [-0.2, 0) is 0 Å². The molecule has 0 amide bonds. The Hall–Kier alpha value is -1.09. The van der Waals surface area contributed by atoms with E-state index in [9.17, 15) is 0 Å². The molecule has 2 nitrogen and oxygen atoms in total. The van der Waals surface area contributed by atoms with Crippen molar-refractivity contribution in [2.75, 3.05) is 11.4 Å². The smallest absolute Gasteiger partial charge is 0.0745 e. The summed E-state index contributed by atoms with van der Waals surface area (Å²) in [6.45, 7) is 5.38. The summed E-state index contributed by atoms with van der Waals surface area (Å²) in [4.78, 5) is 2.98. The molecule has 1 aromatic carbocycles. The predicted octanol–water partition coefficient (Wildman–Crippen LogP) is 3.36. The van der Waals surface area contributed by atoms with E-state index in [1.807, 2.05) is 6.07 Å². The molecular weight excluding hydrogens is 228 g/mol. The molecule has 0 bridgehead atoms. The number of benzene rings is 1. The molecule has 94 valence electrons. The van der Waals surface area contributed by atoms with Crippen molar-refractivity contribution in [3.63, 3.8) is 0 Å². The van der Waals surface area contributed by atoms with Crippen molar-refractivity contribution in [2.45, 2.75) is 39.2 Å². The monoisotopic (exact) mass is 250 g/mol. The molecular formula is C14H22N2S. The summed E-state index contributed by atoms with van der Waals surface area (Å²) >= 11 is 4.97. The number of para-hydroxylation sites is 1. The molecule has 0 aliphatic heterocycles. The molecule has 1 unspecified atom stereocenters. The summed E-state index contributed by atoms with van der Waals surface area (Å²) in [6.07, 6.45) is 3.15. The normalized spacial score (nSPS) is 12.1. The maximum atomic E-state index is 5.60. The van der Waals surface area contributed by atoms with E-state index >= 15 is 0 Å². The Morgan fingerprint density at radius 1 is 1.35 bits per heavy atom. The zero-order chi connectivity index (χ0) is 12.7. The molecule has 1 aromatic rings. The Morgan fingerprint density at radius 2 is 2.00 bits per heavy atom. The Labute approximate surface area is 110 Å². The summed E-state index contributed by atoms with van der Waals surface area (Å²) < 4.78 is 0. The van der Waals surface area contributed by atoms with Crippen LogP contribution in [0.1, 0.15) is 33.1 Å². The molecule has 0 spiro atoms. The van der Waals surface area contributed by atoms with E-state index < -0.39 is 0 Å². The van der Waals surface area contributed by atoms with Gasteiger partial charge in [-0.25, -0.2) is 0 Å². The highest BCUT2D eigenvalue weighted by molar-refractivity contribution is 7.80. The van der Waals surface area contributed by atoms with Gasteiger partial charge in [-0.1, -0.05) is 43.8 Å². The van der Waals surface area contributed by atoms with Crippen molar-refractivity contribution in [3.8, 4) is 0 Å². The van der Waals surface area contributed by atoms with Gasteiger partial charge in [0.1, 0.15) is 0 Å². The van der Waals surface area contributed by atoms with Gasteiger partial charge in [-0.15, -0.1) is 0 Å². The van der Waals surface area contributed by atoms with Crippen molar-refractivity contribution >= 4 is 22.9 Å². The highest BCUT2D eigenvalue weighted by Gasteiger charge is 2.13. The molecule has 0 heterocycles. The lowest BCUT2D eigenvalue weighted by Crippen LogP contribution is -2.35. The maximum absolute atomic E-state index is 5.60. The van der Waals surface area contributed by atoms with Crippen LogP contribution in [0.15, 0.2) is 30.3 Å². The number of nitrogens with two attached hydrogens (primary N) is 1. The van der Waals surface area contributed by atoms with Gasteiger partial charge in [0.2, 0.25) is 0 Å². The maximum Gasteiger partial charge on any atom is 0.0745 e. The SMILES string of the molecule is CCCC(C)N(CCC(N)=S)c1ccccc1. The fourth-order valence-corrected chi connectivity index (χ4v) is 2.12. The number of hydrogen-bond acceptors (Lipinski definition) is 2. The Balaban J connectivity index is 2.75. The van der Waals surface area contributed by atoms with Crippen LogP contribution in [0.3, 0.4) is 0 Å². The summed E-state index contributed by atoms with van der Waals surface area (Å²) in [6, 6.07) is 11.0. The van der Waals surface area contributed by atoms with Crippen molar-refractivity contribution in [1.29, 1.82) is 0 Å². The number of rotatable bonds is 7. The van der Waals surface area contributed by atoms with Gasteiger partial charge in [0.15, 0.2) is 0 Å². The minimum absolute atomic E-state index is 0.525. The summed E-state index contributed by atoms with van der Waals surface area (Å²) in [5, 5.41) is 0. The minimum atomic E-state index is 0.525. The van der Waals surface area contributed by atoms with E-state index in [1.165, 1.54) is 18.5 Å². The van der Waals surface area contributed by atoms with Crippen LogP contribution >= 0.6 is 12.2 Å². The number of hydrogen-bond donors (Lipinski definition) is 1. The Bertz CT molecular complexity index is 337. The van der Waals surface area contributed by atoms with E-state index in [-0.39, 0.29) is 0 Å². The first-order valence-electron chi connectivity index (χ1n) is 6.25. The van der Waals surface area contributed by atoms with E-state index in [1.54, 1.807) is 0 Å². The molecule has 0 aliphatic rings. The first-order chi connectivity index (χ1) is 8.15. The Kier molecular flexibility index (Phi) is 5.98. The van der Waals surface area contributed by atoms with Crippen LogP contribution in [0.25, 0.3) is 0 Å². The molecule has 0 saturated carbocycles. The largest absolute Gasteiger partial charge is 0.393 e. The van der Waals surface area contributed by atoms with Gasteiger partial charge >= 0.3 is 0 Å². The van der Waals surface area contributed by atoms with Gasteiger partial charge in [-0.3, -0.25) is 0 Å². The average Bonchev–Trinajstić information content (AvgIpc) is 2.30. The van der Waals surface area contributed by atoms with Gasteiger partial charge in [-0.2, -0.15) is 0 Å². The van der Waals surface area contributed by atoms with E-state index in [4.69, 9.17) is 18.0 Å². The predicted molar refractivity (Wildman–Crippen MR) is 79.6 cm³/mol. The first-order valence-corrected chi connectivity index (χ1v) is 6.66. The zero-order valence-electron chi connectivity index (χ0n) is 10.7. The molecule has 0 aromatic heterocycles. The summed E-state index contributed by atoms with van der Waals surface area (Å²) in [7, 11) is 0. The van der Waals surface area contributed by atoms with Crippen LogP contribution in [0.5, 0.6) is 0 Å². The van der Waals surface area contributed by atoms with Crippen molar-refractivity contribution in [3.05, 3.63) is 30.3 Å². The number of thiocarbonyl (C=S) groups is 1. The molecule has 1 rings (SSSR count). The second-order valence-electron chi connectivity index (χ2n) is 4.38. The fourth-order valence-electron chi connectivity index (χ4n) is 2.03. The van der Waals surface area contributed by atoms with Crippen LogP contribution in [0.2, 0.25) is 0 Å². The number of nitrogens with zero attached hydrogens (tertiary/aromatic N) is 1. The van der Waals surface area contributed by atoms with Crippen LogP contribution in [0, 0.1) is 0 Å². The fraction of sp³-hybridized carbons (Fsp3) is 0.500. The standard InChI is InChI=1S/C14H22N2S/c1-3-7-12(2)16(11-10-14(15)17)13-8-5-4-6-9-13/h4-6,8-9,12H,3,7,10-11H2,1-2H3,(H2,15,17).